The maximum Gasteiger partial charge on any atom is 0.312 e. The molecule has 10 nitrogen and oxygen atoms in total. The van der Waals surface area contributed by atoms with Gasteiger partial charge in [-0.1, -0.05) is 147 Å². The zero-order valence-corrected chi connectivity index (χ0v) is 29.2. The lowest BCUT2D eigenvalue weighted by Gasteiger charge is -2.36. The summed E-state index contributed by atoms with van der Waals surface area (Å²) >= 11 is 0. The molecule has 262 valence electrons. The molecule has 2 heterocycles. The van der Waals surface area contributed by atoms with Crippen molar-refractivity contribution in [2.45, 2.75) is 38.3 Å². The summed E-state index contributed by atoms with van der Waals surface area (Å²) in [5.41, 5.74) is 4.91. The molecule has 0 spiro atoms. The average Bonchev–Trinajstić information content (AvgIpc) is 3.71. The van der Waals surface area contributed by atoms with Crippen molar-refractivity contribution in [1.29, 1.82) is 0 Å². The van der Waals surface area contributed by atoms with Crippen molar-refractivity contribution in [2.75, 3.05) is 4.90 Å². The molecule has 0 fully saturated rings. The van der Waals surface area contributed by atoms with Crippen LogP contribution in [0.1, 0.15) is 48.4 Å². The number of pyridine rings is 1. The minimum Gasteiger partial charge on any atom is -0.287 e. The second-order valence-electron chi connectivity index (χ2n) is 12.7. The number of rotatable bonds is 13. The largest absolute Gasteiger partial charge is 0.312 e. The number of carbonyl (C=O) groups excluding carboxylic acids is 1. The van der Waals surface area contributed by atoms with E-state index in [4.69, 9.17) is 10.3 Å². The second kappa shape index (κ2) is 15.6. The van der Waals surface area contributed by atoms with Crippen molar-refractivity contribution in [2.24, 2.45) is 0 Å². The highest BCUT2D eigenvalue weighted by Gasteiger charge is 2.42. The van der Waals surface area contributed by atoms with Gasteiger partial charge < -0.3 is 0 Å². The molecule has 0 saturated heterocycles. The van der Waals surface area contributed by atoms with Gasteiger partial charge in [0.1, 0.15) is 5.54 Å². The van der Waals surface area contributed by atoms with Gasteiger partial charge in [0.05, 0.1) is 11.5 Å². The van der Waals surface area contributed by atoms with Gasteiger partial charge in [0.15, 0.2) is 5.82 Å². The predicted octanol–water partition coefficient (Wildman–Crippen LogP) is 8.87. The Morgan fingerprint density at radius 3 is 1.91 bits per heavy atom. The molecule has 2 aromatic heterocycles. The Morgan fingerprint density at radius 1 is 0.755 bits per heavy atom. The van der Waals surface area contributed by atoms with Crippen LogP contribution in [0, 0.1) is 10.1 Å². The van der Waals surface area contributed by atoms with Gasteiger partial charge in [-0.25, -0.2) is 9.67 Å². The molecule has 7 aromatic rings. The van der Waals surface area contributed by atoms with E-state index in [-0.39, 0.29) is 30.4 Å². The van der Waals surface area contributed by atoms with E-state index in [0.717, 1.165) is 45.4 Å². The van der Waals surface area contributed by atoms with Crippen molar-refractivity contribution in [3.8, 4) is 22.5 Å². The zero-order chi connectivity index (χ0) is 36.6. The number of aromatic nitrogens is 5. The minimum absolute atomic E-state index is 0.00775. The normalized spacial score (nSPS) is 11.3. The van der Waals surface area contributed by atoms with Gasteiger partial charge in [0, 0.05) is 24.2 Å². The number of amides is 1. The van der Waals surface area contributed by atoms with Gasteiger partial charge in [-0.15, -0.1) is 5.10 Å². The van der Waals surface area contributed by atoms with Crippen LogP contribution in [0.15, 0.2) is 158 Å². The number of nitrogens with zero attached hydrogens (tertiary/aromatic N) is 7. The number of hydrogen-bond acceptors (Lipinski definition) is 7. The van der Waals surface area contributed by atoms with Crippen molar-refractivity contribution in [3.05, 3.63) is 190 Å². The van der Waals surface area contributed by atoms with Crippen LogP contribution in [-0.4, -0.2) is 36.0 Å². The molecular weight excluding hydrogens is 663 g/mol. The number of tetrazole rings is 1. The van der Waals surface area contributed by atoms with Crippen LogP contribution < -0.4 is 4.90 Å². The summed E-state index contributed by atoms with van der Waals surface area (Å²) in [6.07, 6.45) is 3.14. The first-order valence-electron chi connectivity index (χ1n) is 17.6. The number of hydrogen-bond donors (Lipinski definition) is 0. The predicted molar refractivity (Wildman–Crippen MR) is 205 cm³/mol. The molecule has 5 aromatic carbocycles. The fraction of sp³-hybridized carbons (Fsp3) is 0.140. The third kappa shape index (κ3) is 6.82. The van der Waals surface area contributed by atoms with E-state index in [0.29, 0.717) is 12.2 Å². The Morgan fingerprint density at radius 2 is 1.34 bits per heavy atom. The topological polar surface area (TPSA) is 120 Å². The Bertz CT molecular complexity index is 2220. The minimum atomic E-state index is -0.997. The van der Waals surface area contributed by atoms with Gasteiger partial charge >= 0.3 is 5.69 Å². The van der Waals surface area contributed by atoms with Crippen LogP contribution in [0.25, 0.3) is 22.5 Å². The monoisotopic (exact) mass is 699 g/mol. The summed E-state index contributed by atoms with van der Waals surface area (Å²) in [7, 11) is 0. The molecule has 0 N–H and O–H groups in total. The number of unbranched alkanes of at least 4 members (excludes halogenated alkanes) is 1. The molecule has 0 aliphatic rings. The SMILES string of the molecule is CCCCC(=O)N(Cc1ccc(-c2ccccc2)c(-c2nnnn2C(c2ccccc2)(c2ccccc2)c2ccccc2)c1)c1ncccc1[N+](=O)[O-]. The van der Waals surface area contributed by atoms with Gasteiger partial charge in [0.2, 0.25) is 11.7 Å². The van der Waals surface area contributed by atoms with Gasteiger partial charge in [-0.3, -0.25) is 19.8 Å². The lowest BCUT2D eigenvalue weighted by Crippen LogP contribution is -2.39. The summed E-state index contributed by atoms with van der Waals surface area (Å²) in [5.74, 6) is 0.256. The lowest BCUT2D eigenvalue weighted by molar-refractivity contribution is -0.384. The quantitative estimate of drug-likeness (QED) is 0.0670. The number of nitro groups is 1. The molecular formula is C43H37N7O3. The Kier molecular flexibility index (Phi) is 10.2. The number of carbonyl (C=O) groups is 1. The Hall–Kier alpha value is -6.81. The fourth-order valence-electron chi connectivity index (χ4n) is 6.90. The van der Waals surface area contributed by atoms with E-state index in [1.165, 1.54) is 23.2 Å². The molecule has 53 heavy (non-hydrogen) atoms. The van der Waals surface area contributed by atoms with Crippen LogP contribution in [0.4, 0.5) is 11.5 Å². The molecule has 0 bridgehead atoms. The van der Waals surface area contributed by atoms with Crippen LogP contribution in [0.3, 0.4) is 0 Å². The molecule has 0 radical (unpaired) electrons. The van der Waals surface area contributed by atoms with Gasteiger partial charge in [0.25, 0.3) is 0 Å². The maximum atomic E-state index is 13.8. The first kappa shape index (κ1) is 34.6. The molecule has 7 rings (SSSR count). The second-order valence-corrected chi connectivity index (χ2v) is 12.7. The maximum absolute atomic E-state index is 13.8. The van der Waals surface area contributed by atoms with Crippen LogP contribution in [-0.2, 0) is 16.9 Å². The highest BCUT2D eigenvalue weighted by Crippen LogP contribution is 2.43. The third-order valence-electron chi connectivity index (χ3n) is 9.38. The lowest BCUT2D eigenvalue weighted by atomic mass is 9.77. The van der Waals surface area contributed by atoms with Gasteiger partial charge in [-0.05, 0) is 62.4 Å². The summed E-state index contributed by atoms with van der Waals surface area (Å²) < 4.78 is 1.88. The first-order chi connectivity index (χ1) is 26.0. The van der Waals surface area contributed by atoms with Crippen LogP contribution in [0.5, 0.6) is 0 Å². The molecule has 0 saturated carbocycles. The molecule has 10 heteroatoms. The standard InChI is InChI=1S/C43H37N7O3/c1-2-3-26-40(51)48(42-39(50(52)53)25-16-29-44-42)31-32-27-28-37(33-17-8-4-9-18-33)38(30-32)41-45-46-47-49(41)43(34-19-10-5-11-20-34,35-21-12-6-13-22-35)36-23-14-7-15-24-36/h4-25,27-30H,2-3,26,31H2,1H3. The molecule has 0 aliphatic heterocycles. The number of anilines is 1. The fourth-order valence-corrected chi connectivity index (χ4v) is 6.90. The molecule has 0 atom stereocenters. The van der Waals surface area contributed by atoms with Crippen molar-refractivity contribution < 1.29 is 9.72 Å². The third-order valence-corrected chi connectivity index (χ3v) is 9.38. The van der Waals surface area contributed by atoms with E-state index >= 15 is 0 Å². The van der Waals surface area contributed by atoms with Gasteiger partial charge in [-0.2, -0.15) is 0 Å². The summed E-state index contributed by atoms with van der Waals surface area (Å²) in [6, 6.07) is 49.3. The average molecular weight is 700 g/mol. The smallest absolute Gasteiger partial charge is 0.287 e. The van der Waals surface area contributed by atoms with E-state index in [1.807, 2.05) is 115 Å². The van der Waals surface area contributed by atoms with E-state index < -0.39 is 10.5 Å². The number of benzene rings is 5. The first-order valence-corrected chi connectivity index (χ1v) is 17.6. The van der Waals surface area contributed by atoms with E-state index in [9.17, 15) is 14.9 Å². The molecule has 0 aliphatic carbocycles. The molecule has 0 unspecified atom stereocenters. The Labute approximate surface area is 307 Å². The van der Waals surface area contributed by atoms with Crippen LogP contribution >= 0.6 is 0 Å². The summed E-state index contributed by atoms with van der Waals surface area (Å²) in [4.78, 5) is 31.1. The highest BCUT2D eigenvalue weighted by molar-refractivity contribution is 5.94. The summed E-state index contributed by atoms with van der Waals surface area (Å²) in [6.45, 7) is 2.05. The van der Waals surface area contributed by atoms with Crippen LogP contribution in [0.2, 0.25) is 0 Å². The van der Waals surface area contributed by atoms with Crippen molar-refractivity contribution >= 4 is 17.4 Å². The van der Waals surface area contributed by atoms with E-state index in [2.05, 4.69) is 46.6 Å². The highest BCUT2D eigenvalue weighted by atomic mass is 16.6. The molecule has 1 amide bonds. The zero-order valence-electron chi connectivity index (χ0n) is 29.2. The van der Waals surface area contributed by atoms with E-state index in [1.54, 1.807) is 0 Å². The summed E-state index contributed by atoms with van der Waals surface area (Å²) in [5, 5.41) is 25.9. The van der Waals surface area contributed by atoms with Crippen molar-refractivity contribution in [3.63, 3.8) is 0 Å². The van der Waals surface area contributed by atoms with Crippen molar-refractivity contribution in [1.82, 2.24) is 25.2 Å². The Balaban J connectivity index is 1.47.